The number of nitrogens with zero attached hydrogens (tertiary/aromatic N) is 4. The van der Waals surface area contributed by atoms with Crippen LogP contribution < -0.4 is 9.80 Å². The third-order valence-electron chi connectivity index (χ3n) is 4.97. The van der Waals surface area contributed by atoms with Gasteiger partial charge in [-0.2, -0.15) is 0 Å². The third kappa shape index (κ3) is 4.33. The molecule has 0 fully saturated rings. The maximum atomic E-state index is 10.4. The smallest absolute Gasteiger partial charge is 0.174 e. The predicted molar refractivity (Wildman–Crippen MR) is 114 cm³/mol. The SMILES string of the molecule is CCN1c2nc3ccccc3nc2N(CC)C1C.Cc1ccc(S(=O)(=O)[O-])cc1. The van der Waals surface area contributed by atoms with Crippen molar-refractivity contribution in [1.29, 1.82) is 0 Å². The summed E-state index contributed by atoms with van der Waals surface area (Å²) in [6, 6.07) is 13.8. The van der Waals surface area contributed by atoms with Crippen LogP contribution in [0.4, 0.5) is 11.6 Å². The van der Waals surface area contributed by atoms with Crippen molar-refractivity contribution >= 4 is 32.8 Å². The van der Waals surface area contributed by atoms with Crippen LogP contribution in [0.3, 0.4) is 0 Å². The first kappa shape index (κ1) is 21.0. The van der Waals surface area contributed by atoms with Gasteiger partial charge in [-0.3, -0.25) is 0 Å². The fraction of sp³-hybridized carbons (Fsp3) is 0.333. The molecule has 1 aliphatic rings. The molecule has 0 saturated heterocycles. The van der Waals surface area contributed by atoms with E-state index in [1.54, 1.807) is 12.1 Å². The van der Waals surface area contributed by atoms with Gasteiger partial charge in [0.25, 0.3) is 0 Å². The number of aryl methyl sites for hydroxylation is 1. The second kappa shape index (κ2) is 8.34. The molecule has 4 rings (SSSR count). The Labute approximate surface area is 171 Å². The van der Waals surface area contributed by atoms with Gasteiger partial charge >= 0.3 is 0 Å². The van der Waals surface area contributed by atoms with Gasteiger partial charge in [0.1, 0.15) is 16.3 Å². The van der Waals surface area contributed by atoms with E-state index in [1.165, 1.54) is 12.1 Å². The second-order valence-electron chi connectivity index (χ2n) is 6.83. The van der Waals surface area contributed by atoms with E-state index in [1.807, 2.05) is 31.2 Å². The Hall–Kier alpha value is -2.71. The molecule has 0 spiro atoms. The van der Waals surface area contributed by atoms with Crippen molar-refractivity contribution in [2.45, 2.75) is 38.8 Å². The molecule has 29 heavy (non-hydrogen) atoms. The topological polar surface area (TPSA) is 89.5 Å². The van der Waals surface area contributed by atoms with Crippen molar-refractivity contribution in [3.05, 3.63) is 54.1 Å². The monoisotopic (exact) mass is 413 g/mol. The van der Waals surface area contributed by atoms with E-state index >= 15 is 0 Å². The van der Waals surface area contributed by atoms with Crippen molar-refractivity contribution in [1.82, 2.24) is 9.97 Å². The van der Waals surface area contributed by atoms with Crippen molar-refractivity contribution in [2.24, 2.45) is 0 Å². The van der Waals surface area contributed by atoms with E-state index in [0.717, 1.165) is 41.3 Å². The van der Waals surface area contributed by atoms with Crippen molar-refractivity contribution < 1.29 is 13.0 Å². The van der Waals surface area contributed by atoms with Crippen LogP contribution in [0.1, 0.15) is 26.3 Å². The molecule has 0 atom stereocenters. The minimum Gasteiger partial charge on any atom is -0.744 e. The molecule has 154 valence electrons. The third-order valence-corrected chi connectivity index (χ3v) is 5.82. The molecule has 0 amide bonds. The fourth-order valence-corrected chi connectivity index (χ4v) is 3.89. The lowest BCUT2D eigenvalue weighted by Crippen LogP contribution is -2.40. The molecule has 0 radical (unpaired) electrons. The number of para-hydroxylation sites is 2. The van der Waals surface area contributed by atoms with Gasteiger partial charge in [-0.25, -0.2) is 18.4 Å². The molecule has 1 aromatic heterocycles. The minimum absolute atomic E-state index is 0.178. The highest BCUT2D eigenvalue weighted by molar-refractivity contribution is 7.85. The molecular formula is C21H25N4O3S-. The summed E-state index contributed by atoms with van der Waals surface area (Å²) in [6.07, 6.45) is 0.340. The summed E-state index contributed by atoms with van der Waals surface area (Å²) >= 11 is 0. The highest BCUT2D eigenvalue weighted by Gasteiger charge is 2.33. The summed E-state index contributed by atoms with van der Waals surface area (Å²) in [7, 11) is -4.27. The van der Waals surface area contributed by atoms with Crippen LogP contribution in [0.5, 0.6) is 0 Å². The average Bonchev–Trinajstić information content (AvgIpc) is 2.95. The average molecular weight is 414 g/mol. The van der Waals surface area contributed by atoms with E-state index < -0.39 is 10.1 Å². The van der Waals surface area contributed by atoms with E-state index in [2.05, 4.69) is 30.6 Å². The molecule has 8 heteroatoms. The highest BCUT2D eigenvalue weighted by Crippen LogP contribution is 2.37. The first-order valence-corrected chi connectivity index (χ1v) is 11.0. The zero-order valence-corrected chi connectivity index (χ0v) is 17.8. The Kier molecular flexibility index (Phi) is 6.04. The van der Waals surface area contributed by atoms with Gasteiger partial charge in [0, 0.05) is 13.1 Å². The van der Waals surface area contributed by atoms with E-state index in [-0.39, 0.29) is 4.90 Å². The van der Waals surface area contributed by atoms with Gasteiger partial charge in [-0.1, -0.05) is 29.8 Å². The Morgan fingerprint density at radius 3 is 1.72 bits per heavy atom. The first-order chi connectivity index (χ1) is 13.8. The molecule has 1 aliphatic heterocycles. The molecular weight excluding hydrogens is 388 g/mol. The van der Waals surface area contributed by atoms with Gasteiger partial charge in [0.2, 0.25) is 0 Å². The Bertz CT molecular complexity index is 1050. The summed E-state index contributed by atoms with van der Waals surface area (Å²) in [5.41, 5.74) is 2.87. The molecule has 0 unspecified atom stereocenters. The van der Waals surface area contributed by atoms with Crippen molar-refractivity contribution in [3.8, 4) is 0 Å². The summed E-state index contributed by atoms with van der Waals surface area (Å²) in [5, 5.41) is 0. The Balaban J connectivity index is 0.000000188. The van der Waals surface area contributed by atoms with Gasteiger partial charge in [-0.15, -0.1) is 0 Å². The fourth-order valence-electron chi connectivity index (χ4n) is 3.42. The van der Waals surface area contributed by atoms with Crippen LogP contribution in [-0.2, 0) is 10.1 Å². The molecule has 0 bridgehead atoms. The molecule has 3 aromatic rings. The van der Waals surface area contributed by atoms with Crippen LogP contribution in [0.25, 0.3) is 11.0 Å². The minimum atomic E-state index is -4.27. The Morgan fingerprint density at radius 2 is 1.34 bits per heavy atom. The molecule has 2 aromatic carbocycles. The maximum Gasteiger partial charge on any atom is 0.174 e. The largest absolute Gasteiger partial charge is 0.744 e. The quantitative estimate of drug-likeness (QED) is 0.607. The van der Waals surface area contributed by atoms with Crippen molar-refractivity contribution in [2.75, 3.05) is 22.9 Å². The summed E-state index contributed by atoms with van der Waals surface area (Å²) < 4.78 is 31.2. The summed E-state index contributed by atoms with van der Waals surface area (Å²) in [4.78, 5) is 14.0. The van der Waals surface area contributed by atoms with Crippen LogP contribution in [0.2, 0.25) is 0 Å². The lowest BCUT2D eigenvalue weighted by molar-refractivity contribution is 0.463. The predicted octanol–water partition coefficient (Wildman–Crippen LogP) is 3.54. The standard InChI is InChI=1S/C14H18N4.C7H8O3S/c1-4-17-10(3)18(5-2)14-13(17)15-11-8-6-7-9-12(11)16-14;1-6-2-4-7(5-3-6)11(8,9)10/h6-10H,4-5H2,1-3H3;2-5H,1H3,(H,8,9,10)/p-1. The lowest BCUT2D eigenvalue weighted by Gasteiger charge is -2.26. The summed E-state index contributed by atoms with van der Waals surface area (Å²) in [5.74, 6) is 2.04. The molecule has 7 nitrogen and oxygen atoms in total. The molecule has 2 heterocycles. The number of rotatable bonds is 3. The van der Waals surface area contributed by atoms with Gasteiger partial charge in [-0.05, 0) is 52.0 Å². The second-order valence-corrected chi connectivity index (χ2v) is 8.21. The molecule has 0 N–H and O–H groups in total. The van der Waals surface area contributed by atoms with Gasteiger partial charge < -0.3 is 14.4 Å². The Morgan fingerprint density at radius 1 is 0.897 bits per heavy atom. The number of anilines is 2. The number of benzene rings is 2. The van der Waals surface area contributed by atoms with Gasteiger partial charge in [0.15, 0.2) is 11.6 Å². The molecule has 0 saturated carbocycles. The van der Waals surface area contributed by atoms with Crippen molar-refractivity contribution in [3.63, 3.8) is 0 Å². The van der Waals surface area contributed by atoms with Crippen LogP contribution in [0.15, 0.2) is 53.4 Å². The normalized spacial score (nSPS) is 14.0. The first-order valence-electron chi connectivity index (χ1n) is 9.58. The number of hydrogen-bond acceptors (Lipinski definition) is 7. The number of aromatic nitrogens is 2. The van der Waals surface area contributed by atoms with Gasteiger partial charge in [0.05, 0.1) is 15.9 Å². The number of hydrogen-bond donors (Lipinski definition) is 0. The zero-order chi connectivity index (χ0) is 21.2. The van der Waals surface area contributed by atoms with Crippen LogP contribution in [-0.4, -0.2) is 42.2 Å². The molecule has 0 aliphatic carbocycles. The van der Waals surface area contributed by atoms with E-state index in [4.69, 9.17) is 9.97 Å². The van der Waals surface area contributed by atoms with Crippen LogP contribution in [0, 0.1) is 6.92 Å². The number of fused-ring (bicyclic) bond motifs is 2. The highest BCUT2D eigenvalue weighted by atomic mass is 32.2. The van der Waals surface area contributed by atoms with Crippen LogP contribution >= 0.6 is 0 Å². The summed E-state index contributed by atoms with van der Waals surface area (Å²) in [6.45, 7) is 10.3. The maximum absolute atomic E-state index is 10.4. The lowest BCUT2D eigenvalue weighted by atomic mass is 10.2. The van der Waals surface area contributed by atoms with E-state index in [9.17, 15) is 13.0 Å². The zero-order valence-electron chi connectivity index (χ0n) is 17.0. The van der Waals surface area contributed by atoms with E-state index in [0.29, 0.717) is 6.17 Å².